The molecule has 0 atom stereocenters. The first-order valence-electron chi connectivity index (χ1n) is 5.91. The van der Waals surface area contributed by atoms with Gasteiger partial charge in [0.2, 0.25) is 0 Å². The number of nitrogens with zero attached hydrogens (tertiary/aromatic N) is 4. The van der Waals surface area contributed by atoms with Crippen molar-refractivity contribution in [2.75, 3.05) is 11.9 Å². The highest BCUT2D eigenvalue weighted by Crippen LogP contribution is 2.14. The van der Waals surface area contributed by atoms with Gasteiger partial charge in [-0.15, -0.1) is 24.0 Å². The Morgan fingerprint density at radius 1 is 1.43 bits per heavy atom. The number of anilines is 1. The number of aryl methyl sites for hydroxylation is 1. The van der Waals surface area contributed by atoms with Crippen LogP contribution in [0.1, 0.15) is 5.82 Å². The van der Waals surface area contributed by atoms with Crippen LogP contribution in [0.25, 0.3) is 0 Å². The summed E-state index contributed by atoms with van der Waals surface area (Å²) in [6, 6.07) is 3.06. The number of hydrogen-bond donors (Lipinski definition) is 2. The van der Waals surface area contributed by atoms with Crippen molar-refractivity contribution < 1.29 is 8.78 Å². The van der Waals surface area contributed by atoms with Crippen LogP contribution in [0, 0.1) is 11.6 Å². The standard InChI is InChI=1S/C12H14F2N6.HI/c1-20-7-17-11(19-20)4-5-16-12(15)18-10-6-8(13)2-3-9(10)14;/h2-3,6-7H,4-5H2,1H3,(H3,15,16,18);1H. The number of aromatic nitrogens is 3. The zero-order valence-corrected chi connectivity index (χ0v) is 13.6. The molecule has 0 unspecified atom stereocenters. The van der Waals surface area contributed by atoms with Crippen molar-refractivity contribution in [3.05, 3.63) is 42.0 Å². The lowest BCUT2D eigenvalue weighted by atomic mass is 10.3. The Bertz CT molecular complexity index is 628. The lowest BCUT2D eigenvalue weighted by Gasteiger charge is -2.06. The van der Waals surface area contributed by atoms with Crippen LogP contribution in [0.5, 0.6) is 0 Å². The highest BCUT2D eigenvalue weighted by molar-refractivity contribution is 14.0. The van der Waals surface area contributed by atoms with Crippen LogP contribution in [0.2, 0.25) is 0 Å². The number of aliphatic imine (C=N–C) groups is 1. The Kier molecular flexibility index (Phi) is 6.46. The van der Waals surface area contributed by atoms with Gasteiger partial charge in [-0.2, -0.15) is 5.10 Å². The summed E-state index contributed by atoms with van der Waals surface area (Å²) in [6.07, 6.45) is 2.09. The Labute approximate surface area is 137 Å². The van der Waals surface area contributed by atoms with Crippen molar-refractivity contribution in [2.45, 2.75) is 6.42 Å². The van der Waals surface area contributed by atoms with Crippen LogP contribution in [0.15, 0.2) is 29.5 Å². The van der Waals surface area contributed by atoms with E-state index in [9.17, 15) is 8.78 Å². The van der Waals surface area contributed by atoms with E-state index >= 15 is 0 Å². The van der Waals surface area contributed by atoms with Crippen LogP contribution in [-0.2, 0) is 13.5 Å². The average molecular weight is 408 g/mol. The number of nitrogens with two attached hydrogens (primary N) is 1. The fourth-order valence-corrected chi connectivity index (χ4v) is 1.55. The first-order valence-corrected chi connectivity index (χ1v) is 5.91. The summed E-state index contributed by atoms with van der Waals surface area (Å²) in [5, 5.41) is 6.59. The molecule has 0 saturated heterocycles. The van der Waals surface area contributed by atoms with E-state index in [0.29, 0.717) is 18.8 Å². The third-order valence-electron chi connectivity index (χ3n) is 2.46. The smallest absolute Gasteiger partial charge is 0.193 e. The second kappa shape index (κ2) is 7.86. The fraction of sp³-hybridized carbons (Fsp3) is 0.250. The number of guanidine groups is 1. The second-order valence-corrected chi connectivity index (χ2v) is 4.10. The summed E-state index contributed by atoms with van der Waals surface area (Å²) in [5.41, 5.74) is 5.54. The van der Waals surface area contributed by atoms with Crippen LogP contribution in [0.3, 0.4) is 0 Å². The number of hydrogen-bond acceptors (Lipinski definition) is 3. The molecule has 0 radical (unpaired) electrons. The molecule has 6 nitrogen and oxygen atoms in total. The maximum Gasteiger partial charge on any atom is 0.193 e. The third kappa shape index (κ3) is 5.25. The minimum Gasteiger partial charge on any atom is -0.370 e. The molecule has 0 aliphatic heterocycles. The van der Waals surface area contributed by atoms with Crippen LogP contribution in [0.4, 0.5) is 14.5 Å². The Morgan fingerprint density at radius 3 is 2.86 bits per heavy atom. The zero-order valence-electron chi connectivity index (χ0n) is 11.3. The minimum atomic E-state index is -0.601. The summed E-state index contributed by atoms with van der Waals surface area (Å²) in [7, 11) is 1.77. The summed E-state index contributed by atoms with van der Waals surface area (Å²) < 4.78 is 27.9. The van der Waals surface area contributed by atoms with E-state index in [-0.39, 0.29) is 35.6 Å². The molecule has 9 heteroatoms. The number of benzene rings is 1. The van der Waals surface area contributed by atoms with E-state index in [1.54, 1.807) is 18.1 Å². The number of halogens is 3. The van der Waals surface area contributed by atoms with Crippen molar-refractivity contribution in [2.24, 2.45) is 17.8 Å². The summed E-state index contributed by atoms with van der Waals surface area (Å²) in [5.74, 6) is -0.512. The van der Waals surface area contributed by atoms with E-state index in [0.717, 1.165) is 18.2 Å². The largest absolute Gasteiger partial charge is 0.370 e. The molecule has 1 aromatic carbocycles. The van der Waals surface area contributed by atoms with Gasteiger partial charge in [0.25, 0.3) is 0 Å². The predicted octanol–water partition coefficient (Wildman–Crippen LogP) is 1.68. The van der Waals surface area contributed by atoms with Gasteiger partial charge in [-0.25, -0.2) is 13.8 Å². The molecular weight excluding hydrogens is 393 g/mol. The average Bonchev–Trinajstić information content (AvgIpc) is 2.80. The SMILES string of the molecule is Cn1cnc(CCN=C(N)Nc2cc(F)ccc2F)n1.I. The Hall–Kier alpha value is -1.78. The van der Waals surface area contributed by atoms with Crippen LogP contribution in [-0.4, -0.2) is 27.3 Å². The highest BCUT2D eigenvalue weighted by atomic mass is 127. The first kappa shape index (κ1) is 17.3. The first-order chi connectivity index (χ1) is 9.54. The molecule has 2 aromatic rings. The molecule has 0 saturated carbocycles. The maximum atomic E-state index is 13.4. The van der Waals surface area contributed by atoms with Gasteiger partial charge in [0.05, 0.1) is 5.69 Å². The molecule has 1 aromatic heterocycles. The predicted molar refractivity (Wildman–Crippen MR) is 86.6 cm³/mol. The topological polar surface area (TPSA) is 81.1 Å². The third-order valence-corrected chi connectivity index (χ3v) is 2.46. The molecule has 2 rings (SSSR count). The Balaban J connectivity index is 0.00000220. The van der Waals surface area contributed by atoms with Crippen molar-refractivity contribution in [3.63, 3.8) is 0 Å². The van der Waals surface area contributed by atoms with Gasteiger partial charge in [-0.1, -0.05) is 0 Å². The fourth-order valence-electron chi connectivity index (χ4n) is 1.55. The Morgan fingerprint density at radius 2 is 2.19 bits per heavy atom. The normalized spacial score (nSPS) is 11.1. The van der Waals surface area contributed by atoms with E-state index in [1.165, 1.54) is 0 Å². The molecule has 0 bridgehead atoms. The summed E-state index contributed by atoms with van der Waals surface area (Å²) in [6.45, 7) is 0.347. The lowest BCUT2D eigenvalue weighted by Crippen LogP contribution is -2.23. The molecule has 0 amide bonds. The van der Waals surface area contributed by atoms with E-state index in [4.69, 9.17) is 5.73 Å². The molecule has 0 spiro atoms. The molecule has 1 heterocycles. The monoisotopic (exact) mass is 408 g/mol. The van der Waals surface area contributed by atoms with Crippen LogP contribution < -0.4 is 11.1 Å². The van der Waals surface area contributed by atoms with Crippen molar-refractivity contribution in [1.29, 1.82) is 0 Å². The summed E-state index contributed by atoms with van der Waals surface area (Å²) in [4.78, 5) is 8.03. The molecule has 114 valence electrons. The molecule has 0 aliphatic rings. The minimum absolute atomic E-state index is 0. The molecule has 0 fully saturated rings. The van der Waals surface area contributed by atoms with Gasteiger partial charge in [-0.05, 0) is 12.1 Å². The van der Waals surface area contributed by atoms with Crippen molar-refractivity contribution in [3.8, 4) is 0 Å². The van der Waals surface area contributed by atoms with Crippen molar-refractivity contribution >= 4 is 35.6 Å². The van der Waals surface area contributed by atoms with E-state index < -0.39 is 11.6 Å². The van der Waals surface area contributed by atoms with Gasteiger partial charge >= 0.3 is 0 Å². The quantitative estimate of drug-likeness (QED) is 0.459. The van der Waals surface area contributed by atoms with Gasteiger partial charge < -0.3 is 11.1 Å². The van der Waals surface area contributed by atoms with Gasteiger partial charge in [0.1, 0.15) is 18.0 Å². The molecule has 21 heavy (non-hydrogen) atoms. The van der Waals surface area contributed by atoms with E-state index in [2.05, 4.69) is 20.4 Å². The molecule has 3 N–H and O–H groups in total. The van der Waals surface area contributed by atoms with Crippen LogP contribution >= 0.6 is 24.0 Å². The second-order valence-electron chi connectivity index (χ2n) is 4.10. The number of nitrogens with one attached hydrogen (secondary N) is 1. The van der Waals surface area contributed by atoms with Gasteiger partial charge in [0, 0.05) is 26.1 Å². The molecular formula is C12H15F2IN6. The van der Waals surface area contributed by atoms with Crippen molar-refractivity contribution in [1.82, 2.24) is 14.8 Å². The number of rotatable bonds is 4. The maximum absolute atomic E-state index is 13.4. The zero-order chi connectivity index (χ0) is 14.5. The highest BCUT2D eigenvalue weighted by Gasteiger charge is 2.04. The van der Waals surface area contributed by atoms with Gasteiger partial charge in [-0.3, -0.25) is 9.67 Å². The molecule has 0 aliphatic carbocycles. The summed E-state index contributed by atoms with van der Waals surface area (Å²) >= 11 is 0. The lowest BCUT2D eigenvalue weighted by molar-refractivity contribution is 0.604. The van der Waals surface area contributed by atoms with E-state index in [1.807, 2.05) is 0 Å². The van der Waals surface area contributed by atoms with Gasteiger partial charge in [0.15, 0.2) is 11.8 Å².